The fourth-order valence-corrected chi connectivity index (χ4v) is 9.21. The van der Waals surface area contributed by atoms with Crippen molar-refractivity contribution < 1.29 is 15.0 Å². The van der Waals surface area contributed by atoms with Gasteiger partial charge >= 0.3 is 0 Å². The van der Waals surface area contributed by atoms with Crippen molar-refractivity contribution in [2.75, 3.05) is 0 Å². The molecule has 0 aromatic carbocycles. The van der Waals surface area contributed by atoms with Gasteiger partial charge in [0.2, 0.25) is 0 Å². The standard InChI is InChI=1S/C27H46O3/c1-17(2)7-6-8-18(3)22-11-12-23-21-10-9-19-15-20(28)16-27(29,30)26(19,5)24(21)13-14-25(22,23)4/h17-19,21-24,29-30H,6-16H2,1-5H3/t18-,19?,21-,22+,23-,24-,25+,26-/m0/s1. The van der Waals surface area contributed by atoms with Gasteiger partial charge in [-0.05, 0) is 85.4 Å². The molecule has 0 aromatic heterocycles. The lowest BCUT2D eigenvalue weighted by molar-refractivity contribution is -0.304. The number of carbonyl (C=O) groups is 1. The van der Waals surface area contributed by atoms with Crippen molar-refractivity contribution in [2.45, 2.75) is 111 Å². The highest BCUT2D eigenvalue weighted by atomic mass is 16.5. The second kappa shape index (κ2) is 7.87. The summed E-state index contributed by atoms with van der Waals surface area (Å²) in [6.45, 7) is 11.9. The molecular weight excluding hydrogens is 372 g/mol. The van der Waals surface area contributed by atoms with Crippen LogP contribution in [0.1, 0.15) is 105 Å². The first-order chi connectivity index (χ1) is 14.0. The van der Waals surface area contributed by atoms with Crippen molar-refractivity contribution in [2.24, 2.45) is 52.3 Å². The summed E-state index contributed by atoms with van der Waals surface area (Å²) >= 11 is 0. The minimum absolute atomic E-state index is 0.0396. The fourth-order valence-electron chi connectivity index (χ4n) is 9.21. The molecular formula is C27H46O3. The molecule has 4 aliphatic rings. The molecule has 0 aliphatic heterocycles. The van der Waals surface area contributed by atoms with Crippen LogP contribution in [0.2, 0.25) is 0 Å². The van der Waals surface area contributed by atoms with Crippen LogP contribution < -0.4 is 0 Å². The van der Waals surface area contributed by atoms with Crippen molar-refractivity contribution in [1.82, 2.24) is 0 Å². The van der Waals surface area contributed by atoms with Crippen LogP contribution in [0.4, 0.5) is 0 Å². The molecule has 0 saturated heterocycles. The van der Waals surface area contributed by atoms with E-state index >= 15 is 0 Å². The van der Waals surface area contributed by atoms with Crippen molar-refractivity contribution >= 4 is 5.78 Å². The van der Waals surface area contributed by atoms with Gasteiger partial charge in [-0.25, -0.2) is 0 Å². The Bertz CT molecular complexity index is 654. The van der Waals surface area contributed by atoms with E-state index in [4.69, 9.17) is 0 Å². The van der Waals surface area contributed by atoms with E-state index in [2.05, 4.69) is 34.6 Å². The number of hydrogen-bond acceptors (Lipinski definition) is 3. The predicted molar refractivity (Wildman–Crippen MR) is 121 cm³/mol. The Morgan fingerprint density at radius 3 is 2.40 bits per heavy atom. The number of Topliss-reactive ketones (excluding diaryl/α,β-unsaturated/α-hetero) is 1. The summed E-state index contributed by atoms with van der Waals surface area (Å²) in [5.74, 6) is 2.45. The molecule has 2 N–H and O–H groups in total. The first-order valence-electron chi connectivity index (χ1n) is 13.0. The first-order valence-corrected chi connectivity index (χ1v) is 13.0. The molecule has 0 amide bonds. The number of carbonyl (C=O) groups excluding carboxylic acids is 1. The van der Waals surface area contributed by atoms with Crippen LogP contribution in [0.5, 0.6) is 0 Å². The second-order valence-electron chi connectivity index (χ2n) is 12.7. The molecule has 172 valence electrons. The summed E-state index contributed by atoms with van der Waals surface area (Å²) in [6.07, 6.45) is 11.7. The minimum Gasteiger partial charge on any atom is -0.365 e. The quantitative estimate of drug-likeness (QED) is 0.541. The lowest BCUT2D eigenvalue weighted by atomic mass is 9.43. The topological polar surface area (TPSA) is 57.5 Å². The van der Waals surface area contributed by atoms with E-state index in [1.807, 2.05) is 0 Å². The van der Waals surface area contributed by atoms with E-state index in [9.17, 15) is 15.0 Å². The molecule has 8 atom stereocenters. The largest absolute Gasteiger partial charge is 0.365 e. The van der Waals surface area contributed by atoms with Crippen molar-refractivity contribution in [3.8, 4) is 0 Å². The molecule has 0 aromatic rings. The van der Waals surface area contributed by atoms with Crippen LogP contribution >= 0.6 is 0 Å². The first kappa shape index (κ1) is 22.8. The highest BCUT2D eigenvalue weighted by molar-refractivity contribution is 5.81. The lowest BCUT2D eigenvalue weighted by Gasteiger charge is -2.63. The van der Waals surface area contributed by atoms with E-state index < -0.39 is 11.2 Å². The van der Waals surface area contributed by atoms with Crippen LogP contribution in [0.25, 0.3) is 0 Å². The third-order valence-corrected chi connectivity index (χ3v) is 10.9. The average molecular weight is 419 g/mol. The van der Waals surface area contributed by atoms with Crippen LogP contribution in [0.15, 0.2) is 0 Å². The van der Waals surface area contributed by atoms with Crippen LogP contribution in [-0.4, -0.2) is 21.8 Å². The summed E-state index contributed by atoms with van der Waals surface area (Å²) in [5.41, 5.74) is -0.105. The van der Waals surface area contributed by atoms with Gasteiger partial charge in [-0.3, -0.25) is 4.79 Å². The highest BCUT2D eigenvalue weighted by Crippen LogP contribution is 2.69. The van der Waals surface area contributed by atoms with Crippen LogP contribution in [0.3, 0.4) is 0 Å². The van der Waals surface area contributed by atoms with Gasteiger partial charge in [-0.15, -0.1) is 0 Å². The number of hydrogen-bond donors (Lipinski definition) is 2. The van der Waals surface area contributed by atoms with Gasteiger partial charge in [0, 0.05) is 11.8 Å². The predicted octanol–water partition coefficient (Wildman–Crippen LogP) is 5.97. The summed E-state index contributed by atoms with van der Waals surface area (Å²) in [7, 11) is 0. The Kier molecular flexibility index (Phi) is 5.97. The highest BCUT2D eigenvalue weighted by Gasteiger charge is 2.66. The minimum atomic E-state index is -1.83. The smallest absolute Gasteiger partial charge is 0.175 e. The SMILES string of the molecule is CC(C)CCC[C@H](C)[C@H]1CC[C@H]2[C@@H]3CCC4CC(=O)CC(O)(O)[C@]4(C)[C@H]3CC[C@]12C. The maximum Gasteiger partial charge on any atom is 0.175 e. The third kappa shape index (κ3) is 3.41. The number of aliphatic hydroxyl groups is 2. The maximum absolute atomic E-state index is 12.2. The van der Waals surface area contributed by atoms with Gasteiger partial charge in [0.15, 0.2) is 5.79 Å². The Morgan fingerprint density at radius 2 is 1.70 bits per heavy atom. The fraction of sp³-hybridized carbons (Fsp3) is 0.963. The molecule has 1 unspecified atom stereocenters. The van der Waals surface area contributed by atoms with Crippen molar-refractivity contribution in [1.29, 1.82) is 0 Å². The molecule has 30 heavy (non-hydrogen) atoms. The summed E-state index contributed by atoms with van der Waals surface area (Å²) in [5, 5.41) is 22.1. The molecule has 4 saturated carbocycles. The molecule has 0 radical (unpaired) electrons. The molecule has 4 rings (SSSR count). The Morgan fingerprint density at radius 1 is 0.967 bits per heavy atom. The Balaban J connectivity index is 1.53. The van der Waals surface area contributed by atoms with Gasteiger partial charge in [0.25, 0.3) is 0 Å². The summed E-state index contributed by atoms with van der Waals surface area (Å²) in [4.78, 5) is 12.2. The Labute approximate surface area is 184 Å². The molecule has 3 nitrogen and oxygen atoms in total. The van der Waals surface area contributed by atoms with E-state index in [1.54, 1.807) is 0 Å². The Hall–Kier alpha value is -0.410. The molecule has 0 spiro atoms. The third-order valence-electron chi connectivity index (χ3n) is 10.9. The van der Waals surface area contributed by atoms with Gasteiger partial charge in [-0.2, -0.15) is 0 Å². The molecule has 4 fully saturated rings. The summed E-state index contributed by atoms with van der Waals surface area (Å²) < 4.78 is 0. The zero-order chi connectivity index (χ0) is 21.9. The van der Waals surface area contributed by atoms with E-state index in [0.717, 1.165) is 36.5 Å². The maximum atomic E-state index is 12.2. The molecule has 3 heteroatoms. The zero-order valence-corrected chi connectivity index (χ0v) is 20.1. The molecule has 4 aliphatic carbocycles. The molecule has 0 heterocycles. The number of fused-ring (bicyclic) bond motifs is 5. The van der Waals surface area contributed by atoms with Crippen molar-refractivity contribution in [3.63, 3.8) is 0 Å². The number of ketones is 1. The normalized spacial score (nSPS) is 46.3. The van der Waals surface area contributed by atoms with E-state index in [1.165, 1.54) is 44.9 Å². The average Bonchev–Trinajstić information content (AvgIpc) is 2.99. The van der Waals surface area contributed by atoms with Crippen molar-refractivity contribution in [3.05, 3.63) is 0 Å². The van der Waals surface area contributed by atoms with E-state index in [-0.39, 0.29) is 18.1 Å². The van der Waals surface area contributed by atoms with Crippen LogP contribution in [-0.2, 0) is 4.79 Å². The lowest BCUT2D eigenvalue weighted by Crippen LogP contribution is -2.64. The number of rotatable bonds is 5. The van der Waals surface area contributed by atoms with Gasteiger partial charge < -0.3 is 10.2 Å². The van der Waals surface area contributed by atoms with E-state index in [0.29, 0.717) is 23.7 Å². The zero-order valence-electron chi connectivity index (χ0n) is 20.1. The second-order valence-corrected chi connectivity index (χ2v) is 12.7. The monoisotopic (exact) mass is 418 g/mol. The van der Waals surface area contributed by atoms with Gasteiger partial charge in [0.1, 0.15) is 5.78 Å². The molecule has 0 bridgehead atoms. The van der Waals surface area contributed by atoms with Gasteiger partial charge in [-0.1, -0.05) is 53.9 Å². The summed E-state index contributed by atoms with van der Waals surface area (Å²) in [6, 6.07) is 0. The van der Waals surface area contributed by atoms with Gasteiger partial charge in [0.05, 0.1) is 6.42 Å². The van der Waals surface area contributed by atoms with Crippen LogP contribution in [0, 0.1) is 52.3 Å².